The molecule has 0 aromatic heterocycles. The highest BCUT2D eigenvalue weighted by atomic mass is 32.2. The van der Waals surface area contributed by atoms with Gasteiger partial charge in [0.25, 0.3) is 0 Å². The molecule has 0 aliphatic rings. The van der Waals surface area contributed by atoms with Crippen molar-refractivity contribution < 1.29 is 9.83 Å². The van der Waals surface area contributed by atoms with Crippen LogP contribution in [0.3, 0.4) is 0 Å². The highest BCUT2D eigenvalue weighted by Gasteiger charge is 2.27. The van der Waals surface area contributed by atoms with Crippen LogP contribution in [0.1, 0.15) is 10.4 Å². The van der Waals surface area contributed by atoms with Crippen molar-refractivity contribution in [3.63, 3.8) is 0 Å². The van der Waals surface area contributed by atoms with Crippen molar-refractivity contribution in [2.24, 2.45) is 0 Å². The first-order valence-electron chi connectivity index (χ1n) is 5.81. The zero-order chi connectivity index (χ0) is 14.5. The van der Waals surface area contributed by atoms with Crippen LogP contribution in [-0.2, 0) is 0 Å². The molecule has 0 saturated heterocycles. The molecule has 0 aliphatic carbocycles. The highest BCUT2D eigenvalue weighted by molar-refractivity contribution is 7.98. The molecule has 0 unspecified atom stereocenters. The summed E-state index contributed by atoms with van der Waals surface area (Å²) in [4.78, 5) is 24.3. The summed E-state index contributed by atoms with van der Waals surface area (Å²) in [5, 5.41) is 11.1. The van der Waals surface area contributed by atoms with E-state index in [1.165, 1.54) is 11.8 Å². The van der Waals surface area contributed by atoms with Crippen molar-refractivity contribution in [3.8, 4) is 0 Å². The summed E-state index contributed by atoms with van der Waals surface area (Å²) in [6.45, 7) is 0. The molecule has 5 nitrogen and oxygen atoms in total. The topological polar surface area (TPSA) is 63.5 Å². The first-order valence-corrected chi connectivity index (χ1v) is 7.04. The number of anilines is 1. The second-order valence-corrected chi connectivity index (χ2v) is 4.80. The fraction of sp³-hybridized carbons (Fsp3) is 0.0714. The first-order chi connectivity index (χ1) is 9.63. The van der Waals surface area contributed by atoms with E-state index in [1.807, 2.05) is 12.3 Å². The smallest absolute Gasteiger partial charge is 0.262 e. The van der Waals surface area contributed by atoms with Crippen molar-refractivity contribution in [1.29, 1.82) is 0 Å². The van der Waals surface area contributed by atoms with E-state index in [-0.39, 0.29) is 11.3 Å². The second kappa shape index (κ2) is 6.21. The molecule has 102 valence electrons. The fourth-order valence-electron chi connectivity index (χ4n) is 1.73. The number of hydrogen-bond acceptors (Lipinski definition) is 4. The Balaban J connectivity index is 2.41. The van der Waals surface area contributed by atoms with Crippen LogP contribution in [0.15, 0.2) is 59.5 Å². The molecule has 0 spiro atoms. The van der Waals surface area contributed by atoms with E-state index in [0.717, 1.165) is 4.90 Å². The monoisotopic (exact) mass is 288 g/mol. The van der Waals surface area contributed by atoms with Crippen molar-refractivity contribution in [1.82, 2.24) is 0 Å². The lowest BCUT2D eigenvalue weighted by Crippen LogP contribution is -2.36. The Hall–Kier alpha value is -2.34. The Morgan fingerprint density at radius 1 is 1.15 bits per heavy atom. The molecule has 2 aromatic carbocycles. The molecule has 0 atom stereocenters. The molecule has 0 saturated carbocycles. The molecule has 0 bridgehead atoms. The highest BCUT2D eigenvalue weighted by Crippen LogP contribution is 2.23. The van der Waals surface area contributed by atoms with Crippen molar-refractivity contribution in [2.45, 2.75) is 4.90 Å². The molecule has 0 radical (unpaired) electrons. The molecule has 6 heteroatoms. The number of hydrogen-bond donors (Lipinski definition) is 0. The van der Waals surface area contributed by atoms with Gasteiger partial charge in [0, 0.05) is 10.5 Å². The molecule has 2 rings (SSSR count). The van der Waals surface area contributed by atoms with Gasteiger partial charge in [-0.15, -0.1) is 11.8 Å². The second-order valence-electron chi connectivity index (χ2n) is 3.92. The number of nitro groups is 1. The minimum absolute atomic E-state index is 0.246. The molecule has 0 aliphatic heterocycles. The number of thioether (sulfide) groups is 1. The van der Waals surface area contributed by atoms with Gasteiger partial charge in [-0.1, -0.05) is 24.3 Å². The van der Waals surface area contributed by atoms with Crippen LogP contribution in [0.4, 0.5) is 5.69 Å². The predicted molar refractivity (Wildman–Crippen MR) is 78.5 cm³/mol. The zero-order valence-electron chi connectivity index (χ0n) is 10.7. The van der Waals surface area contributed by atoms with Crippen LogP contribution in [0.5, 0.6) is 0 Å². The van der Waals surface area contributed by atoms with Crippen LogP contribution < -0.4 is 5.01 Å². The summed E-state index contributed by atoms with van der Waals surface area (Å²) >= 11 is 1.46. The Morgan fingerprint density at radius 2 is 1.85 bits per heavy atom. The van der Waals surface area contributed by atoms with E-state index in [9.17, 15) is 14.9 Å². The van der Waals surface area contributed by atoms with Gasteiger partial charge in [-0.25, -0.2) is 10.1 Å². The maximum Gasteiger partial charge on any atom is 0.319 e. The van der Waals surface area contributed by atoms with Gasteiger partial charge in [-0.3, -0.25) is 4.79 Å². The van der Waals surface area contributed by atoms with Crippen molar-refractivity contribution in [3.05, 3.63) is 70.3 Å². The Morgan fingerprint density at radius 3 is 2.45 bits per heavy atom. The minimum atomic E-state index is -0.700. The third kappa shape index (κ3) is 2.97. The molecule has 2 aromatic rings. The number of carbonyl (C=O) groups is 1. The van der Waals surface area contributed by atoms with E-state index in [2.05, 4.69) is 0 Å². The summed E-state index contributed by atoms with van der Waals surface area (Å²) in [5.41, 5.74) is 0.523. The number of nitrogens with zero attached hydrogens (tertiary/aromatic N) is 2. The van der Waals surface area contributed by atoms with Crippen molar-refractivity contribution >= 4 is 23.4 Å². The van der Waals surface area contributed by atoms with Gasteiger partial charge in [0.2, 0.25) is 0 Å². The molecule has 0 fully saturated rings. The van der Waals surface area contributed by atoms with E-state index < -0.39 is 10.9 Å². The molecule has 0 N–H and O–H groups in total. The lowest BCUT2D eigenvalue weighted by molar-refractivity contribution is -0.481. The number of amides is 1. The van der Waals surface area contributed by atoms with Crippen molar-refractivity contribution in [2.75, 3.05) is 11.3 Å². The number of carbonyl (C=O) groups excluding carboxylic acids is 1. The zero-order valence-corrected chi connectivity index (χ0v) is 11.5. The van der Waals surface area contributed by atoms with E-state index in [1.54, 1.807) is 48.5 Å². The Bertz CT molecular complexity index is 631. The lowest BCUT2D eigenvalue weighted by atomic mass is 10.2. The Kier molecular flexibility index (Phi) is 4.37. The first kappa shape index (κ1) is 14.1. The summed E-state index contributed by atoms with van der Waals surface area (Å²) in [6.07, 6.45) is 1.87. The predicted octanol–water partition coefficient (Wildman–Crippen LogP) is 3.25. The summed E-state index contributed by atoms with van der Waals surface area (Å²) in [5.74, 6) is -0.658. The van der Waals surface area contributed by atoms with Gasteiger partial charge in [-0.05, 0) is 41.6 Å². The van der Waals surface area contributed by atoms with Gasteiger partial charge in [0.15, 0.2) is 5.03 Å². The van der Waals surface area contributed by atoms with Gasteiger partial charge in [-0.2, -0.15) is 0 Å². The van der Waals surface area contributed by atoms with Crippen LogP contribution in [-0.4, -0.2) is 17.2 Å². The largest absolute Gasteiger partial charge is 0.319 e. The van der Waals surface area contributed by atoms with Crippen LogP contribution in [0.2, 0.25) is 0 Å². The maximum atomic E-state index is 12.3. The lowest BCUT2D eigenvalue weighted by Gasteiger charge is -2.13. The fourth-order valence-corrected chi connectivity index (χ4v) is 2.18. The third-order valence-electron chi connectivity index (χ3n) is 2.67. The summed E-state index contributed by atoms with van der Waals surface area (Å²) < 4.78 is 0. The third-order valence-corrected chi connectivity index (χ3v) is 3.40. The SMILES string of the molecule is CSc1cccc(N(C(=O)c2ccccc2)[N+](=O)[O-])c1. The average molecular weight is 288 g/mol. The average Bonchev–Trinajstić information content (AvgIpc) is 2.48. The molecule has 1 amide bonds. The van der Waals surface area contributed by atoms with Gasteiger partial charge < -0.3 is 0 Å². The van der Waals surface area contributed by atoms with Gasteiger partial charge in [0.05, 0.1) is 0 Å². The molecular formula is C14H12N2O3S. The van der Waals surface area contributed by atoms with E-state index >= 15 is 0 Å². The normalized spacial score (nSPS) is 10.1. The number of hydrazine groups is 1. The van der Waals surface area contributed by atoms with E-state index in [4.69, 9.17) is 0 Å². The summed E-state index contributed by atoms with van der Waals surface area (Å²) in [7, 11) is 0. The molecule has 0 heterocycles. The summed E-state index contributed by atoms with van der Waals surface area (Å²) in [6, 6.07) is 14.9. The van der Waals surface area contributed by atoms with Crippen LogP contribution in [0, 0.1) is 10.1 Å². The molecular weight excluding hydrogens is 276 g/mol. The van der Waals surface area contributed by atoms with Gasteiger partial charge in [0.1, 0.15) is 5.69 Å². The molecule has 20 heavy (non-hydrogen) atoms. The van der Waals surface area contributed by atoms with Crippen LogP contribution in [0.25, 0.3) is 0 Å². The number of benzene rings is 2. The standard InChI is InChI=1S/C14H12N2O3S/c1-20-13-9-5-8-12(10-13)15(16(18)19)14(17)11-6-3-2-4-7-11/h2-10H,1H3. The quantitative estimate of drug-likeness (QED) is 0.492. The van der Waals surface area contributed by atoms with E-state index in [0.29, 0.717) is 5.01 Å². The maximum absolute atomic E-state index is 12.3. The van der Waals surface area contributed by atoms with Crippen LogP contribution >= 0.6 is 11.8 Å². The number of rotatable bonds is 4. The Labute approximate surface area is 120 Å². The van der Waals surface area contributed by atoms with Gasteiger partial charge >= 0.3 is 5.91 Å². The minimum Gasteiger partial charge on any atom is -0.262 e.